The molecule has 136 valence electrons. The summed E-state index contributed by atoms with van der Waals surface area (Å²) in [4.78, 5) is 22.2. The molecule has 0 radical (unpaired) electrons. The van der Waals surface area contributed by atoms with Crippen molar-refractivity contribution in [1.29, 1.82) is 0 Å². The van der Waals surface area contributed by atoms with Crippen LogP contribution >= 0.6 is 11.3 Å². The standard InChI is InChI=1S/C21H19N3O2S/c1-3-16-17(15-9-8-13-6-4-5-7-14(13)10-15)18-19(24-12(2)21(25)26)22-11-23-20(18)27-16/h4-12H,3H2,1-2H3,(H,25,26)(H,22,23,24)/t12-/m1/s1. The fraction of sp³-hybridized carbons (Fsp3) is 0.190. The minimum atomic E-state index is -0.917. The molecule has 0 saturated carbocycles. The second kappa shape index (κ2) is 6.96. The number of aromatic nitrogens is 2. The molecule has 27 heavy (non-hydrogen) atoms. The molecule has 6 heteroatoms. The molecular formula is C21H19N3O2S. The first-order valence-corrected chi connectivity index (χ1v) is 9.65. The van der Waals surface area contributed by atoms with Gasteiger partial charge in [0.1, 0.15) is 23.0 Å². The van der Waals surface area contributed by atoms with Gasteiger partial charge in [0.25, 0.3) is 0 Å². The van der Waals surface area contributed by atoms with Crippen molar-refractivity contribution in [1.82, 2.24) is 9.97 Å². The SMILES string of the molecule is CCc1sc2ncnc(N[C@H](C)C(=O)O)c2c1-c1ccc2ccccc2c1. The van der Waals surface area contributed by atoms with Crippen LogP contribution in [0.4, 0.5) is 5.82 Å². The minimum Gasteiger partial charge on any atom is -0.480 e. The van der Waals surface area contributed by atoms with Crippen molar-refractivity contribution in [3.05, 3.63) is 53.7 Å². The summed E-state index contributed by atoms with van der Waals surface area (Å²) in [5.41, 5.74) is 2.18. The monoisotopic (exact) mass is 377 g/mol. The average Bonchev–Trinajstić information content (AvgIpc) is 3.07. The largest absolute Gasteiger partial charge is 0.480 e. The highest BCUT2D eigenvalue weighted by molar-refractivity contribution is 7.19. The van der Waals surface area contributed by atoms with Crippen LogP contribution in [0.5, 0.6) is 0 Å². The molecule has 5 nitrogen and oxygen atoms in total. The molecule has 0 aliphatic heterocycles. The highest BCUT2D eigenvalue weighted by Crippen LogP contribution is 2.41. The Bertz CT molecular complexity index is 1150. The number of aliphatic carboxylic acids is 1. The van der Waals surface area contributed by atoms with E-state index in [0.717, 1.165) is 27.8 Å². The van der Waals surface area contributed by atoms with E-state index in [0.29, 0.717) is 5.82 Å². The number of hydrogen-bond acceptors (Lipinski definition) is 5. The lowest BCUT2D eigenvalue weighted by atomic mass is 9.98. The predicted octanol–water partition coefficient (Wildman–Crippen LogP) is 4.96. The lowest BCUT2D eigenvalue weighted by Crippen LogP contribution is -2.26. The third-order valence-corrected chi connectivity index (χ3v) is 5.89. The summed E-state index contributed by atoms with van der Waals surface area (Å²) < 4.78 is 0. The van der Waals surface area contributed by atoms with Crippen LogP contribution in [0.1, 0.15) is 18.7 Å². The summed E-state index contributed by atoms with van der Waals surface area (Å²) in [5, 5.41) is 15.5. The maximum atomic E-state index is 11.3. The number of carbonyl (C=O) groups is 1. The smallest absolute Gasteiger partial charge is 0.325 e. The number of carboxylic acids is 1. The van der Waals surface area contributed by atoms with Crippen LogP contribution in [0.2, 0.25) is 0 Å². The van der Waals surface area contributed by atoms with E-state index in [1.807, 2.05) is 12.1 Å². The lowest BCUT2D eigenvalue weighted by molar-refractivity contribution is -0.137. The van der Waals surface area contributed by atoms with E-state index in [1.54, 1.807) is 18.3 Å². The predicted molar refractivity (Wildman–Crippen MR) is 110 cm³/mol. The fourth-order valence-electron chi connectivity index (χ4n) is 3.25. The van der Waals surface area contributed by atoms with E-state index in [2.05, 4.69) is 52.5 Å². The summed E-state index contributed by atoms with van der Waals surface area (Å²) in [7, 11) is 0. The van der Waals surface area contributed by atoms with Crippen LogP contribution in [0.25, 0.3) is 32.1 Å². The van der Waals surface area contributed by atoms with Gasteiger partial charge in [-0.05, 0) is 35.7 Å². The Labute approximate surface area is 160 Å². The van der Waals surface area contributed by atoms with Crippen LogP contribution in [-0.2, 0) is 11.2 Å². The highest BCUT2D eigenvalue weighted by Gasteiger charge is 2.20. The molecule has 4 aromatic rings. The van der Waals surface area contributed by atoms with E-state index in [-0.39, 0.29) is 0 Å². The van der Waals surface area contributed by atoms with Gasteiger partial charge in [-0.2, -0.15) is 0 Å². The maximum Gasteiger partial charge on any atom is 0.325 e. The molecule has 0 spiro atoms. The van der Waals surface area contributed by atoms with Gasteiger partial charge in [-0.3, -0.25) is 4.79 Å². The first-order valence-electron chi connectivity index (χ1n) is 8.83. The molecule has 0 fully saturated rings. The van der Waals surface area contributed by atoms with E-state index in [4.69, 9.17) is 0 Å². The molecule has 0 aliphatic carbocycles. The van der Waals surface area contributed by atoms with Crippen molar-refractivity contribution in [2.24, 2.45) is 0 Å². The van der Waals surface area contributed by atoms with Gasteiger partial charge in [0.15, 0.2) is 0 Å². The maximum absolute atomic E-state index is 11.3. The molecule has 2 aromatic carbocycles. The zero-order valence-corrected chi connectivity index (χ0v) is 15.9. The van der Waals surface area contributed by atoms with Crippen LogP contribution < -0.4 is 5.32 Å². The van der Waals surface area contributed by atoms with Crippen molar-refractivity contribution in [2.45, 2.75) is 26.3 Å². The summed E-state index contributed by atoms with van der Waals surface area (Å²) in [6, 6.07) is 13.9. The molecule has 0 bridgehead atoms. The van der Waals surface area contributed by atoms with Crippen molar-refractivity contribution in [3.63, 3.8) is 0 Å². The normalized spacial score (nSPS) is 12.4. The highest BCUT2D eigenvalue weighted by atomic mass is 32.1. The molecule has 1 atom stereocenters. The van der Waals surface area contributed by atoms with Crippen LogP contribution in [0, 0.1) is 0 Å². The van der Waals surface area contributed by atoms with Gasteiger partial charge in [-0.1, -0.05) is 43.3 Å². The quantitative estimate of drug-likeness (QED) is 0.514. The number of fused-ring (bicyclic) bond motifs is 2. The van der Waals surface area contributed by atoms with Gasteiger partial charge in [0.05, 0.1) is 5.39 Å². The molecule has 4 rings (SSSR count). The van der Waals surface area contributed by atoms with Gasteiger partial charge in [-0.25, -0.2) is 9.97 Å². The fourth-order valence-corrected chi connectivity index (χ4v) is 4.35. The molecule has 0 unspecified atom stereocenters. The van der Waals surface area contributed by atoms with E-state index in [1.165, 1.54) is 22.0 Å². The number of carboxylic acid groups (broad SMARTS) is 1. The first-order chi connectivity index (χ1) is 13.1. The van der Waals surface area contributed by atoms with Gasteiger partial charge >= 0.3 is 5.97 Å². The second-order valence-electron chi connectivity index (χ2n) is 6.42. The molecule has 0 aliphatic rings. The van der Waals surface area contributed by atoms with Gasteiger partial charge < -0.3 is 10.4 Å². The molecule has 0 amide bonds. The third kappa shape index (κ3) is 3.13. The van der Waals surface area contributed by atoms with Crippen LogP contribution in [0.3, 0.4) is 0 Å². The molecular weight excluding hydrogens is 358 g/mol. The number of benzene rings is 2. The Morgan fingerprint density at radius 3 is 2.70 bits per heavy atom. The molecule has 2 aromatic heterocycles. The average molecular weight is 377 g/mol. The number of aryl methyl sites for hydroxylation is 1. The van der Waals surface area contributed by atoms with Crippen molar-refractivity contribution >= 4 is 44.1 Å². The Kier molecular flexibility index (Phi) is 4.49. The summed E-state index contributed by atoms with van der Waals surface area (Å²) in [6.07, 6.45) is 2.36. The van der Waals surface area contributed by atoms with Crippen molar-refractivity contribution < 1.29 is 9.90 Å². The third-order valence-electron chi connectivity index (χ3n) is 4.64. The van der Waals surface area contributed by atoms with Crippen LogP contribution in [-0.4, -0.2) is 27.1 Å². The number of hydrogen-bond donors (Lipinski definition) is 2. The van der Waals surface area contributed by atoms with Crippen LogP contribution in [0.15, 0.2) is 48.8 Å². The number of thiophene rings is 1. The van der Waals surface area contributed by atoms with Crippen molar-refractivity contribution in [3.8, 4) is 11.1 Å². The first kappa shape index (κ1) is 17.4. The topological polar surface area (TPSA) is 75.1 Å². The Morgan fingerprint density at radius 1 is 1.19 bits per heavy atom. The Balaban J connectivity index is 1.95. The molecule has 0 saturated heterocycles. The summed E-state index contributed by atoms with van der Waals surface area (Å²) in [5.74, 6) is -0.353. The summed E-state index contributed by atoms with van der Waals surface area (Å²) in [6.45, 7) is 3.73. The number of nitrogens with one attached hydrogen (secondary N) is 1. The Hall–Kier alpha value is -2.99. The minimum absolute atomic E-state index is 0.564. The lowest BCUT2D eigenvalue weighted by Gasteiger charge is -2.12. The van der Waals surface area contributed by atoms with E-state index >= 15 is 0 Å². The van der Waals surface area contributed by atoms with Crippen molar-refractivity contribution in [2.75, 3.05) is 5.32 Å². The second-order valence-corrected chi connectivity index (χ2v) is 7.51. The van der Waals surface area contributed by atoms with E-state index < -0.39 is 12.0 Å². The summed E-state index contributed by atoms with van der Waals surface area (Å²) >= 11 is 1.64. The Morgan fingerprint density at radius 2 is 1.96 bits per heavy atom. The van der Waals surface area contributed by atoms with E-state index in [9.17, 15) is 9.90 Å². The zero-order valence-electron chi connectivity index (χ0n) is 15.1. The van der Waals surface area contributed by atoms with Gasteiger partial charge in [0, 0.05) is 10.4 Å². The number of rotatable bonds is 5. The molecule has 2 N–H and O–H groups in total. The van der Waals surface area contributed by atoms with Gasteiger partial charge in [-0.15, -0.1) is 11.3 Å². The number of nitrogens with zero attached hydrogens (tertiary/aromatic N) is 2. The molecule has 2 heterocycles. The number of anilines is 1. The van der Waals surface area contributed by atoms with Gasteiger partial charge in [0.2, 0.25) is 0 Å². The zero-order chi connectivity index (χ0) is 19.0.